The van der Waals surface area contributed by atoms with Gasteiger partial charge in [0, 0.05) is 34.8 Å². The van der Waals surface area contributed by atoms with E-state index in [1.807, 2.05) is 65.7 Å². The molecule has 5 aromatic rings. The van der Waals surface area contributed by atoms with Crippen molar-refractivity contribution in [1.82, 2.24) is 20.1 Å². The van der Waals surface area contributed by atoms with Crippen LogP contribution in [0.3, 0.4) is 0 Å². The Morgan fingerprint density at radius 1 is 1.06 bits per heavy atom. The first-order valence-corrected chi connectivity index (χ1v) is 11.5. The van der Waals surface area contributed by atoms with Gasteiger partial charge in [-0.25, -0.2) is 0 Å². The number of carbonyl (C=O) groups is 1. The predicted octanol–water partition coefficient (Wildman–Crippen LogP) is 5.06. The molecule has 0 bridgehead atoms. The summed E-state index contributed by atoms with van der Waals surface area (Å²) in [4.78, 5) is 18.8. The van der Waals surface area contributed by atoms with Crippen molar-refractivity contribution in [1.29, 1.82) is 0 Å². The molecule has 0 spiro atoms. The van der Waals surface area contributed by atoms with Crippen molar-refractivity contribution in [3.05, 3.63) is 101 Å². The fraction of sp³-hybridized carbons (Fsp3) is 0.143. The molecule has 35 heavy (non-hydrogen) atoms. The number of phenols is 1. The Morgan fingerprint density at radius 2 is 1.91 bits per heavy atom. The molecule has 1 amide bonds. The number of nitrogens with zero attached hydrogens (tertiary/aromatic N) is 2. The first-order chi connectivity index (χ1) is 17.1. The van der Waals surface area contributed by atoms with Gasteiger partial charge < -0.3 is 19.7 Å². The molecule has 3 aromatic carbocycles. The number of fused-ring (bicyclic) bond motifs is 2. The predicted molar refractivity (Wildman–Crippen MR) is 134 cm³/mol. The van der Waals surface area contributed by atoms with Crippen LogP contribution in [0.5, 0.6) is 11.5 Å². The van der Waals surface area contributed by atoms with Gasteiger partial charge in [-0.05, 0) is 47.9 Å². The largest absolute Gasteiger partial charge is 0.508 e. The molecule has 7 nitrogen and oxygen atoms in total. The quantitative estimate of drug-likeness (QED) is 0.327. The van der Waals surface area contributed by atoms with E-state index in [0.717, 1.165) is 44.6 Å². The number of hydrogen-bond donors (Lipinski definition) is 3. The number of H-pyrrole nitrogens is 2. The number of benzene rings is 3. The summed E-state index contributed by atoms with van der Waals surface area (Å²) in [6.45, 7) is 0.500. The minimum Gasteiger partial charge on any atom is -0.508 e. The molecule has 0 unspecified atom stereocenters. The number of nitrogens with one attached hydrogen (secondary N) is 2. The molecule has 1 aliphatic rings. The van der Waals surface area contributed by atoms with Gasteiger partial charge in [-0.1, -0.05) is 42.5 Å². The summed E-state index contributed by atoms with van der Waals surface area (Å²) in [6.07, 6.45) is 2.65. The molecular weight excluding hydrogens is 440 g/mol. The summed E-state index contributed by atoms with van der Waals surface area (Å²) in [5.74, 6) is 0.860. The maximum Gasteiger partial charge on any atom is 0.273 e. The van der Waals surface area contributed by atoms with Crippen LogP contribution in [0.15, 0.2) is 79.0 Å². The Kier molecular flexibility index (Phi) is 5.03. The van der Waals surface area contributed by atoms with Crippen molar-refractivity contribution in [2.24, 2.45) is 0 Å². The number of rotatable bonds is 6. The molecule has 0 saturated carbocycles. The Morgan fingerprint density at radius 3 is 2.71 bits per heavy atom. The summed E-state index contributed by atoms with van der Waals surface area (Å²) >= 11 is 0. The molecule has 2 aromatic heterocycles. The maximum absolute atomic E-state index is 13.6. The zero-order valence-electron chi connectivity index (χ0n) is 19.2. The molecule has 0 aliphatic carbocycles. The molecule has 0 fully saturated rings. The standard InChI is InChI=1S/C28H24N4O3/c1-35-21-10-11-23-22(15-21)19(16-29-23)12-13-32-27(18-8-5-9-20(33)14-18)24-25(17-6-3-2-4-7-17)30-31-26(24)28(32)34/h2-11,14-16,27,29,33H,12-13H2,1H3,(H,30,31)/t27-/m1/s1. The Hall–Kier alpha value is -4.52. The van der Waals surface area contributed by atoms with E-state index in [0.29, 0.717) is 18.7 Å². The van der Waals surface area contributed by atoms with E-state index in [-0.39, 0.29) is 17.7 Å². The lowest BCUT2D eigenvalue weighted by molar-refractivity contribution is 0.0746. The Balaban J connectivity index is 1.40. The van der Waals surface area contributed by atoms with E-state index in [1.54, 1.807) is 25.3 Å². The average molecular weight is 465 g/mol. The van der Waals surface area contributed by atoms with Gasteiger partial charge in [0.15, 0.2) is 0 Å². The number of carbonyl (C=O) groups excluding carboxylic acids is 1. The highest BCUT2D eigenvalue weighted by Crippen LogP contribution is 2.43. The topological polar surface area (TPSA) is 94.2 Å². The first-order valence-electron chi connectivity index (χ1n) is 11.5. The number of hydrogen-bond acceptors (Lipinski definition) is 4. The van der Waals surface area contributed by atoms with Crippen LogP contribution in [0.25, 0.3) is 22.2 Å². The minimum absolute atomic E-state index is 0.0968. The van der Waals surface area contributed by atoms with Crippen LogP contribution in [0.1, 0.15) is 33.2 Å². The van der Waals surface area contributed by atoms with E-state index in [1.165, 1.54) is 0 Å². The third-order valence-electron chi connectivity index (χ3n) is 6.69. The van der Waals surface area contributed by atoms with E-state index < -0.39 is 0 Å². The van der Waals surface area contributed by atoms with E-state index in [4.69, 9.17) is 4.74 Å². The normalized spacial score (nSPS) is 15.1. The lowest BCUT2D eigenvalue weighted by Gasteiger charge is -2.26. The third-order valence-corrected chi connectivity index (χ3v) is 6.69. The summed E-state index contributed by atoms with van der Waals surface area (Å²) in [5.41, 5.74) is 6.01. The molecule has 174 valence electrons. The zero-order valence-corrected chi connectivity index (χ0v) is 19.2. The van der Waals surface area contributed by atoms with Crippen LogP contribution in [-0.2, 0) is 6.42 Å². The van der Waals surface area contributed by atoms with E-state index in [2.05, 4.69) is 15.2 Å². The first kappa shape index (κ1) is 21.0. The Bertz CT molecular complexity index is 1540. The van der Waals surface area contributed by atoms with Crippen molar-refractivity contribution in [2.75, 3.05) is 13.7 Å². The number of phenolic OH excluding ortho intramolecular Hbond substituents is 1. The summed E-state index contributed by atoms with van der Waals surface area (Å²) in [5, 5.41) is 18.8. The number of aromatic hydroxyl groups is 1. The number of aromatic nitrogens is 3. The lowest BCUT2D eigenvalue weighted by atomic mass is 9.95. The van der Waals surface area contributed by atoms with Crippen molar-refractivity contribution in [3.8, 4) is 22.8 Å². The minimum atomic E-state index is -0.363. The summed E-state index contributed by atoms with van der Waals surface area (Å²) < 4.78 is 5.40. The van der Waals surface area contributed by atoms with Crippen LogP contribution in [0, 0.1) is 0 Å². The highest BCUT2D eigenvalue weighted by molar-refractivity contribution is 6.00. The second-order valence-corrected chi connectivity index (χ2v) is 8.70. The van der Waals surface area contributed by atoms with E-state index in [9.17, 15) is 9.90 Å². The van der Waals surface area contributed by atoms with Crippen LogP contribution in [-0.4, -0.2) is 44.7 Å². The molecule has 3 N–H and O–H groups in total. The molecule has 7 heteroatoms. The summed E-state index contributed by atoms with van der Waals surface area (Å²) in [6, 6.07) is 22.5. The van der Waals surface area contributed by atoms with Gasteiger partial charge in [-0.3, -0.25) is 9.89 Å². The van der Waals surface area contributed by atoms with Gasteiger partial charge in [-0.2, -0.15) is 5.10 Å². The van der Waals surface area contributed by atoms with Crippen LogP contribution in [0.2, 0.25) is 0 Å². The van der Waals surface area contributed by atoms with E-state index >= 15 is 0 Å². The lowest BCUT2D eigenvalue weighted by Crippen LogP contribution is -2.31. The van der Waals surface area contributed by atoms with Gasteiger partial charge in [0.2, 0.25) is 0 Å². The second kappa shape index (κ2) is 8.36. The molecular formula is C28H24N4O3. The average Bonchev–Trinajstić information content (AvgIpc) is 3.57. The fourth-order valence-electron chi connectivity index (χ4n) is 5.02. The molecule has 3 heterocycles. The monoisotopic (exact) mass is 464 g/mol. The zero-order chi connectivity index (χ0) is 23.9. The van der Waals surface area contributed by atoms with Crippen molar-refractivity contribution in [2.45, 2.75) is 12.5 Å². The SMILES string of the molecule is COc1ccc2[nH]cc(CCN3C(=O)c4[nH]nc(-c5ccccc5)c4[C@H]3c3cccc(O)c3)c2c1. The van der Waals surface area contributed by atoms with Gasteiger partial charge >= 0.3 is 0 Å². The number of amides is 1. The van der Waals surface area contributed by atoms with Crippen LogP contribution < -0.4 is 4.74 Å². The van der Waals surface area contributed by atoms with Gasteiger partial charge in [0.1, 0.15) is 17.2 Å². The number of ether oxygens (including phenoxy) is 1. The number of methoxy groups -OCH3 is 1. The number of aromatic amines is 2. The fourth-order valence-corrected chi connectivity index (χ4v) is 5.02. The Labute approximate surface area is 202 Å². The van der Waals surface area contributed by atoms with Crippen molar-refractivity contribution >= 4 is 16.8 Å². The van der Waals surface area contributed by atoms with Crippen LogP contribution in [0.4, 0.5) is 0 Å². The van der Waals surface area contributed by atoms with Gasteiger partial charge in [0.05, 0.1) is 18.8 Å². The van der Waals surface area contributed by atoms with Crippen molar-refractivity contribution < 1.29 is 14.6 Å². The van der Waals surface area contributed by atoms with Crippen LogP contribution >= 0.6 is 0 Å². The molecule has 1 atom stereocenters. The molecule has 1 aliphatic heterocycles. The van der Waals surface area contributed by atoms with Gasteiger partial charge in [0.25, 0.3) is 5.91 Å². The third kappa shape index (κ3) is 3.52. The second-order valence-electron chi connectivity index (χ2n) is 8.70. The molecule has 0 saturated heterocycles. The molecule has 0 radical (unpaired) electrons. The highest BCUT2D eigenvalue weighted by atomic mass is 16.5. The highest BCUT2D eigenvalue weighted by Gasteiger charge is 2.42. The van der Waals surface area contributed by atoms with Gasteiger partial charge in [-0.15, -0.1) is 0 Å². The maximum atomic E-state index is 13.6. The summed E-state index contributed by atoms with van der Waals surface area (Å²) in [7, 11) is 1.66. The smallest absolute Gasteiger partial charge is 0.273 e. The van der Waals surface area contributed by atoms with Crippen molar-refractivity contribution in [3.63, 3.8) is 0 Å². The molecule has 6 rings (SSSR count).